The van der Waals surface area contributed by atoms with Crippen LogP contribution >= 0.6 is 0 Å². The third-order valence-corrected chi connectivity index (χ3v) is 5.25. The zero-order chi connectivity index (χ0) is 18.3. The van der Waals surface area contributed by atoms with Crippen molar-refractivity contribution in [1.82, 2.24) is 10.2 Å². The first-order chi connectivity index (χ1) is 11.8. The van der Waals surface area contributed by atoms with Crippen LogP contribution < -0.4 is 5.32 Å². The van der Waals surface area contributed by atoms with Gasteiger partial charge >= 0.3 is 6.16 Å². The van der Waals surface area contributed by atoms with Gasteiger partial charge in [0.2, 0.25) is 11.8 Å². The molecule has 138 valence electrons. The Balaban J connectivity index is 1.84. The van der Waals surface area contributed by atoms with Gasteiger partial charge in [-0.2, -0.15) is 0 Å². The molecule has 8 nitrogen and oxygen atoms in total. The maximum atomic E-state index is 12.3. The van der Waals surface area contributed by atoms with Crippen molar-refractivity contribution in [3.05, 3.63) is 23.1 Å². The number of fused-ring (bicyclic) bond motifs is 1. The topological polar surface area (TPSA) is 108 Å². The van der Waals surface area contributed by atoms with E-state index < -0.39 is 18.2 Å². The fourth-order valence-electron chi connectivity index (χ4n) is 3.97. The average Bonchev–Trinajstić information content (AvgIpc) is 3.08. The number of β-lactam (4-membered cyclic amide) rings is 1. The summed E-state index contributed by atoms with van der Waals surface area (Å²) in [5.74, 6) is -0.730. The Bertz CT molecular complexity index is 641. The lowest BCUT2D eigenvalue weighted by molar-refractivity contribution is -0.160. The molecule has 5 atom stereocenters. The van der Waals surface area contributed by atoms with Gasteiger partial charge in [-0.25, -0.2) is 4.79 Å². The molecule has 0 aliphatic carbocycles. The van der Waals surface area contributed by atoms with Crippen LogP contribution in [0.5, 0.6) is 0 Å². The molecule has 1 amide bonds. The predicted octanol–water partition coefficient (Wildman–Crippen LogP) is 0.827. The Morgan fingerprint density at radius 3 is 2.76 bits per heavy atom. The van der Waals surface area contributed by atoms with Crippen molar-refractivity contribution in [2.24, 2.45) is 5.92 Å². The molecular formula is C17H24N2O6. The summed E-state index contributed by atoms with van der Waals surface area (Å²) in [6.07, 6.45) is 1.26. The number of nitrogens with one attached hydrogen (secondary N) is 1. The van der Waals surface area contributed by atoms with Crippen molar-refractivity contribution in [2.75, 3.05) is 13.7 Å². The number of amides is 1. The molecule has 0 radical (unpaired) electrons. The molecule has 3 aliphatic heterocycles. The lowest BCUT2D eigenvalue weighted by atomic mass is 9.82. The number of rotatable bonds is 5. The smallest absolute Gasteiger partial charge is 0.449 e. The number of methoxy groups -OCH3 is 1. The maximum Gasteiger partial charge on any atom is 0.512 e. The number of carbonyl (C=O) groups is 2. The van der Waals surface area contributed by atoms with E-state index in [9.17, 15) is 14.7 Å². The van der Waals surface area contributed by atoms with Crippen molar-refractivity contribution in [2.45, 2.75) is 51.0 Å². The number of carbonyl (C=O) groups excluding carboxylic acids is 1. The van der Waals surface area contributed by atoms with Crippen molar-refractivity contribution in [3.8, 4) is 0 Å². The predicted molar refractivity (Wildman–Crippen MR) is 87.5 cm³/mol. The summed E-state index contributed by atoms with van der Waals surface area (Å²) in [5, 5.41) is 22.2. The van der Waals surface area contributed by atoms with Crippen molar-refractivity contribution >= 4 is 12.1 Å². The van der Waals surface area contributed by atoms with Crippen LogP contribution in [0, 0.1) is 5.92 Å². The van der Waals surface area contributed by atoms with Gasteiger partial charge in [0.1, 0.15) is 0 Å². The van der Waals surface area contributed by atoms with E-state index in [0.717, 1.165) is 18.5 Å². The Morgan fingerprint density at radius 2 is 2.20 bits per heavy atom. The molecule has 0 unspecified atom stereocenters. The van der Waals surface area contributed by atoms with Crippen LogP contribution in [0.2, 0.25) is 0 Å². The van der Waals surface area contributed by atoms with Crippen LogP contribution in [-0.4, -0.2) is 65.1 Å². The number of allylic oxidation sites excluding steroid dienone is 1. The molecule has 2 fully saturated rings. The minimum atomic E-state index is -1.45. The number of aliphatic hydroxyl groups excluding tert-OH is 1. The number of ether oxygens (including phenoxy) is 2. The standard InChI is InChI=1S/C17H24N2O6/c1-8(4-10-5-11(24-3)7-18-10)12-6-13-14(9(2)20)15(21)19(13)16(12)25-17(22)23/h4,9-11,13-14,18,20H,5-7H2,1-3H3,(H,22,23)/t9-,10-,11-,13-,14-/m1/s1. The van der Waals surface area contributed by atoms with E-state index in [1.54, 1.807) is 14.0 Å². The first-order valence-corrected chi connectivity index (χ1v) is 8.43. The van der Waals surface area contributed by atoms with Crippen LogP contribution in [0.3, 0.4) is 0 Å². The lowest BCUT2D eigenvalue weighted by Crippen LogP contribution is -2.61. The Hall–Kier alpha value is -1.90. The molecule has 3 aliphatic rings. The normalized spacial score (nSPS) is 33.4. The summed E-state index contributed by atoms with van der Waals surface area (Å²) in [6, 6.07) is -0.122. The largest absolute Gasteiger partial charge is 0.512 e. The van der Waals surface area contributed by atoms with Gasteiger partial charge in [0, 0.05) is 25.3 Å². The molecule has 3 heterocycles. The summed E-state index contributed by atoms with van der Waals surface area (Å²) < 4.78 is 10.3. The summed E-state index contributed by atoms with van der Waals surface area (Å²) in [7, 11) is 1.68. The van der Waals surface area contributed by atoms with E-state index in [1.807, 2.05) is 13.0 Å². The summed E-state index contributed by atoms with van der Waals surface area (Å²) in [5.41, 5.74) is 1.57. The molecule has 8 heteroatoms. The number of hydrogen-bond donors (Lipinski definition) is 3. The van der Waals surface area contributed by atoms with Gasteiger partial charge in [-0.15, -0.1) is 0 Å². The molecule has 3 N–H and O–H groups in total. The van der Waals surface area contributed by atoms with E-state index in [4.69, 9.17) is 14.6 Å². The fourth-order valence-corrected chi connectivity index (χ4v) is 3.97. The van der Waals surface area contributed by atoms with E-state index >= 15 is 0 Å². The van der Waals surface area contributed by atoms with Crippen molar-refractivity contribution in [1.29, 1.82) is 0 Å². The second-order valence-electron chi connectivity index (χ2n) is 6.86. The van der Waals surface area contributed by atoms with Crippen molar-refractivity contribution < 1.29 is 29.3 Å². The van der Waals surface area contributed by atoms with Crippen LogP contribution in [0.4, 0.5) is 4.79 Å². The minimum Gasteiger partial charge on any atom is -0.449 e. The third-order valence-electron chi connectivity index (χ3n) is 5.25. The van der Waals surface area contributed by atoms with Crippen molar-refractivity contribution in [3.63, 3.8) is 0 Å². The number of aliphatic hydroxyl groups is 1. The summed E-state index contributed by atoms with van der Waals surface area (Å²) >= 11 is 0. The van der Waals surface area contributed by atoms with E-state index in [-0.39, 0.29) is 30.0 Å². The van der Waals surface area contributed by atoms with Gasteiger partial charge in [-0.1, -0.05) is 6.08 Å². The zero-order valence-electron chi connectivity index (χ0n) is 14.6. The molecule has 3 rings (SSSR count). The molecule has 25 heavy (non-hydrogen) atoms. The average molecular weight is 352 g/mol. The van der Waals surface area contributed by atoms with Crippen LogP contribution in [0.25, 0.3) is 0 Å². The fraction of sp³-hybridized carbons (Fsp3) is 0.647. The summed E-state index contributed by atoms with van der Waals surface area (Å²) in [4.78, 5) is 24.7. The second kappa shape index (κ2) is 6.78. The first kappa shape index (κ1) is 17.9. The quantitative estimate of drug-likeness (QED) is 0.497. The number of nitrogens with zero attached hydrogens (tertiary/aromatic N) is 1. The lowest BCUT2D eigenvalue weighted by Gasteiger charge is -2.44. The van der Waals surface area contributed by atoms with Gasteiger partial charge < -0.3 is 25.0 Å². The SMILES string of the molecule is CO[C@H]1CN[C@H](C=C(C)C2=C(OC(=O)O)N3C(=O)[C@H]([C@@H](C)O)[C@H]3C2)C1. The molecule has 0 spiro atoms. The van der Waals surface area contributed by atoms with Crippen LogP contribution in [0.15, 0.2) is 23.1 Å². The van der Waals surface area contributed by atoms with Crippen LogP contribution in [0.1, 0.15) is 26.7 Å². The van der Waals surface area contributed by atoms with Gasteiger partial charge in [0.05, 0.1) is 24.2 Å². The maximum absolute atomic E-state index is 12.3. The first-order valence-electron chi connectivity index (χ1n) is 8.43. The van der Waals surface area contributed by atoms with E-state index in [1.165, 1.54) is 4.90 Å². The number of hydrogen-bond acceptors (Lipinski definition) is 6. The minimum absolute atomic E-state index is 0.0782. The molecule has 2 saturated heterocycles. The van der Waals surface area contributed by atoms with Crippen LogP contribution in [-0.2, 0) is 14.3 Å². The monoisotopic (exact) mass is 352 g/mol. The van der Waals surface area contributed by atoms with Gasteiger partial charge in [0.15, 0.2) is 0 Å². The third kappa shape index (κ3) is 3.17. The molecule has 0 aromatic rings. The molecule has 0 aromatic carbocycles. The van der Waals surface area contributed by atoms with Gasteiger partial charge in [-0.05, 0) is 32.3 Å². The highest BCUT2D eigenvalue weighted by atomic mass is 16.7. The Morgan fingerprint density at radius 1 is 1.48 bits per heavy atom. The van der Waals surface area contributed by atoms with Gasteiger partial charge in [0.25, 0.3) is 0 Å². The Labute approximate surface area is 146 Å². The molecule has 0 aromatic heterocycles. The number of carboxylic acid groups (broad SMARTS) is 1. The highest BCUT2D eigenvalue weighted by molar-refractivity contribution is 5.90. The molecular weight excluding hydrogens is 328 g/mol. The second-order valence-corrected chi connectivity index (χ2v) is 6.86. The molecule has 0 saturated carbocycles. The Kier molecular flexibility index (Phi) is 4.86. The highest BCUT2D eigenvalue weighted by Gasteiger charge is 2.56. The zero-order valence-corrected chi connectivity index (χ0v) is 14.6. The highest BCUT2D eigenvalue weighted by Crippen LogP contribution is 2.46. The van der Waals surface area contributed by atoms with E-state index in [2.05, 4.69) is 5.32 Å². The van der Waals surface area contributed by atoms with Gasteiger partial charge in [-0.3, -0.25) is 9.69 Å². The van der Waals surface area contributed by atoms with E-state index in [0.29, 0.717) is 12.0 Å². The summed E-state index contributed by atoms with van der Waals surface area (Å²) in [6.45, 7) is 4.22. The molecule has 0 bridgehead atoms.